The number of hydrogen-bond acceptors (Lipinski definition) is 7. The molecule has 1 aromatic carbocycles. The van der Waals surface area contributed by atoms with Crippen molar-refractivity contribution in [1.82, 2.24) is 14.8 Å². The minimum atomic E-state index is -0.510. The predicted molar refractivity (Wildman–Crippen MR) is 142 cm³/mol. The van der Waals surface area contributed by atoms with Crippen molar-refractivity contribution < 1.29 is 14.4 Å². The molecule has 190 valence electrons. The number of anilines is 2. The van der Waals surface area contributed by atoms with Crippen LogP contribution in [-0.2, 0) is 9.63 Å². The number of benzene rings is 1. The highest BCUT2D eigenvalue weighted by molar-refractivity contribution is 7.98. The molecular formula is C25H29ClN6O3S. The van der Waals surface area contributed by atoms with Crippen LogP contribution in [0.4, 0.5) is 16.3 Å². The molecule has 0 unspecified atom stereocenters. The number of aromatic nitrogens is 1. The van der Waals surface area contributed by atoms with Gasteiger partial charge in [-0.15, -0.1) is 11.8 Å². The zero-order chi connectivity index (χ0) is 25.1. The topological polar surface area (TPSA) is 90.4 Å². The van der Waals surface area contributed by atoms with E-state index in [0.717, 1.165) is 16.4 Å². The van der Waals surface area contributed by atoms with Crippen LogP contribution < -0.4 is 10.2 Å². The quantitative estimate of drug-likeness (QED) is 0.604. The number of carbonyl (C=O) groups is 2. The zero-order valence-corrected chi connectivity index (χ0v) is 21.7. The van der Waals surface area contributed by atoms with Gasteiger partial charge in [0.15, 0.2) is 0 Å². The molecule has 2 fully saturated rings. The van der Waals surface area contributed by atoms with Crippen LogP contribution >= 0.6 is 23.4 Å². The third-order valence-corrected chi connectivity index (χ3v) is 7.99. The highest BCUT2D eigenvalue weighted by Crippen LogP contribution is 2.35. The molecule has 9 nitrogen and oxygen atoms in total. The van der Waals surface area contributed by atoms with Crippen LogP contribution in [0.15, 0.2) is 52.6 Å². The summed E-state index contributed by atoms with van der Waals surface area (Å²) in [7, 11) is 0. The maximum atomic E-state index is 13.1. The Bertz CT molecular complexity index is 1160. The number of likely N-dealkylation sites (tertiary alicyclic amines) is 1. The van der Waals surface area contributed by atoms with Gasteiger partial charge in [-0.1, -0.05) is 22.8 Å². The molecule has 1 spiro atoms. The van der Waals surface area contributed by atoms with Gasteiger partial charge in [0.2, 0.25) is 0 Å². The molecule has 0 radical (unpaired) electrons. The molecule has 3 aliphatic heterocycles. The fourth-order valence-electron chi connectivity index (χ4n) is 4.84. The summed E-state index contributed by atoms with van der Waals surface area (Å²) in [4.78, 5) is 42.9. The van der Waals surface area contributed by atoms with Crippen LogP contribution in [0.5, 0.6) is 0 Å². The number of carbonyl (C=O) groups excluding carboxylic acids is 2. The number of nitrogens with zero attached hydrogens (tertiary/aromatic N) is 5. The van der Waals surface area contributed by atoms with E-state index in [1.54, 1.807) is 28.9 Å². The van der Waals surface area contributed by atoms with Crippen molar-refractivity contribution in [2.45, 2.75) is 29.8 Å². The Morgan fingerprint density at radius 3 is 2.56 bits per heavy atom. The third kappa shape index (κ3) is 5.24. The van der Waals surface area contributed by atoms with E-state index in [1.807, 2.05) is 41.5 Å². The van der Waals surface area contributed by atoms with Crippen molar-refractivity contribution >= 4 is 52.5 Å². The lowest BCUT2D eigenvalue weighted by molar-refractivity contribution is -0.124. The largest absolute Gasteiger partial charge is 0.388 e. The molecule has 11 heteroatoms. The number of hydrogen-bond donors (Lipinski definition) is 1. The Labute approximate surface area is 219 Å². The highest BCUT2D eigenvalue weighted by atomic mass is 35.5. The first-order chi connectivity index (χ1) is 17.5. The van der Waals surface area contributed by atoms with Crippen LogP contribution in [-0.4, -0.2) is 83.6 Å². The number of urea groups is 1. The van der Waals surface area contributed by atoms with E-state index >= 15 is 0 Å². The van der Waals surface area contributed by atoms with Gasteiger partial charge in [0.25, 0.3) is 5.91 Å². The first-order valence-electron chi connectivity index (χ1n) is 12.1. The third-order valence-electron chi connectivity index (χ3n) is 6.97. The van der Waals surface area contributed by atoms with E-state index in [2.05, 4.69) is 20.4 Å². The summed E-state index contributed by atoms with van der Waals surface area (Å²) < 4.78 is 0. The SMILES string of the molecule is CSc1cccc(NC(=O)N2CCC3(CC2)CC(C(=O)N2CCN(c4ncccc4Cl)CC2)=NO3)c1. The van der Waals surface area contributed by atoms with Crippen LogP contribution in [0.3, 0.4) is 0 Å². The Kier molecular flexibility index (Phi) is 7.25. The first kappa shape index (κ1) is 24.7. The average molecular weight is 529 g/mol. The molecule has 0 aliphatic carbocycles. The normalized spacial score (nSPS) is 19.2. The van der Waals surface area contributed by atoms with Gasteiger partial charge in [-0.3, -0.25) is 4.79 Å². The van der Waals surface area contributed by atoms with Crippen LogP contribution in [0, 0.1) is 0 Å². The average Bonchev–Trinajstić information content (AvgIpc) is 3.32. The molecule has 36 heavy (non-hydrogen) atoms. The van der Waals surface area contributed by atoms with E-state index in [9.17, 15) is 9.59 Å². The number of piperidine rings is 1. The lowest BCUT2D eigenvalue weighted by atomic mass is 9.86. The Morgan fingerprint density at radius 2 is 1.83 bits per heavy atom. The molecule has 0 atom stereocenters. The van der Waals surface area contributed by atoms with E-state index in [-0.39, 0.29) is 11.9 Å². The van der Waals surface area contributed by atoms with E-state index in [4.69, 9.17) is 16.4 Å². The number of nitrogens with one attached hydrogen (secondary N) is 1. The molecule has 5 rings (SSSR count). The van der Waals surface area contributed by atoms with Crippen LogP contribution in [0.25, 0.3) is 0 Å². The molecule has 4 heterocycles. The number of halogens is 1. The fraction of sp³-hybridized carbons (Fsp3) is 0.440. The molecule has 0 saturated carbocycles. The summed E-state index contributed by atoms with van der Waals surface area (Å²) in [6, 6.07) is 11.3. The zero-order valence-electron chi connectivity index (χ0n) is 20.2. The maximum absolute atomic E-state index is 13.1. The van der Waals surface area contributed by atoms with Gasteiger partial charge in [-0.05, 0) is 36.6 Å². The second kappa shape index (κ2) is 10.6. The van der Waals surface area contributed by atoms with Crippen LogP contribution in [0.1, 0.15) is 19.3 Å². The van der Waals surface area contributed by atoms with Crippen molar-refractivity contribution in [3.05, 3.63) is 47.6 Å². The Morgan fingerprint density at radius 1 is 1.06 bits per heavy atom. The van der Waals surface area contributed by atoms with Gasteiger partial charge in [0, 0.05) is 75.3 Å². The van der Waals surface area contributed by atoms with E-state index in [0.29, 0.717) is 69.3 Å². The smallest absolute Gasteiger partial charge is 0.321 e. The summed E-state index contributed by atoms with van der Waals surface area (Å²) in [5.74, 6) is 0.673. The van der Waals surface area contributed by atoms with Crippen molar-refractivity contribution in [2.75, 3.05) is 55.7 Å². The molecular weight excluding hydrogens is 500 g/mol. The van der Waals surface area contributed by atoms with Crippen LogP contribution in [0.2, 0.25) is 5.02 Å². The Balaban J connectivity index is 1.10. The van der Waals surface area contributed by atoms with Gasteiger partial charge in [0.1, 0.15) is 17.1 Å². The minimum absolute atomic E-state index is 0.0764. The van der Waals surface area contributed by atoms with Gasteiger partial charge < -0.3 is 24.9 Å². The van der Waals surface area contributed by atoms with Crippen molar-refractivity contribution in [2.24, 2.45) is 5.16 Å². The lowest BCUT2D eigenvalue weighted by Crippen LogP contribution is -2.52. The number of amides is 3. The summed E-state index contributed by atoms with van der Waals surface area (Å²) in [6.07, 6.45) is 5.48. The van der Waals surface area contributed by atoms with Gasteiger partial charge >= 0.3 is 6.03 Å². The number of piperazine rings is 1. The first-order valence-corrected chi connectivity index (χ1v) is 13.7. The van der Waals surface area contributed by atoms with Gasteiger partial charge in [-0.2, -0.15) is 0 Å². The highest BCUT2D eigenvalue weighted by Gasteiger charge is 2.45. The molecule has 2 saturated heterocycles. The van der Waals surface area contributed by atoms with Crippen molar-refractivity contribution in [1.29, 1.82) is 0 Å². The summed E-state index contributed by atoms with van der Waals surface area (Å²) in [5, 5.41) is 7.79. The second-order valence-electron chi connectivity index (χ2n) is 9.23. The standard InChI is InChI=1S/C25H29ClN6O3S/c1-36-19-5-2-4-18(16-19)28-24(34)32-10-7-25(8-11-32)17-21(29-35-25)23(33)31-14-12-30(13-15-31)22-20(26)6-3-9-27-22/h2-6,9,16H,7-8,10-15,17H2,1H3,(H,28,34). The molecule has 0 bridgehead atoms. The van der Waals surface area contributed by atoms with E-state index in [1.165, 1.54) is 0 Å². The molecule has 3 amide bonds. The second-order valence-corrected chi connectivity index (χ2v) is 10.5. The predicted octanol–water partition coefficient (Wildman–Crippen LogP) is 3.95. The fourth-order valence-corrected chi connectivity index (χ4v) is 5.54. The maximum Gasteiger partial charge on any atom is 0.321 e. The molecule has 2 aromatic rings. The number of oxime groups is 1. The van der Waals surface area contributed by atoms with Gasteiger partial charge in [-0.25, -0.2) is 9.78 Å². The minimum Gasteiger partial charge on any atom is -0.388 e. The number of pyridine rings is 1. The number of thioether (sulfide) groups is 1. The molecule has 1 aromatic heterocycles. The molecule has 1 N–H and O–H groups in total. The summed E-state index contributed by atoms with van der Waals surface area (Å²) in [5.41, 5.74) is 0.737. The van der Waals surface area contributed by atoms with E-state index < -0.39 is 5.60 Å². The van der Waals surface area contributed by atoms with Crippen molar-refractivity contribution in [3.8, 4) is 0 Å². The van der Waals surface area contributed by atoms with Gasteiger partial charge in [0.05, 0.1) is 5.02 Å². The lowest BCUT2D eigenvalue weighted by Gasteiger charge is -2.37. The number of rotatable bonds is 4. The Hall–Kier alpha value is -2.98. The monoisotopic (exact) mass is 528 g/mol. The summed E-state index contributed by atoms with van der Waals surface area (Å²) >= 11 is 7.91. The summed E-state index contributed by atoms with van der Waals surface area (Å²) in [6.45, 7) is 3.56. The van der Waals surface area contributed by atoms with Crippen molar-refractivity contribution in [3.63, 3.8) is 0 Å². The molecule has 3 aliphatic rings.